The summed E-state index contributed by atoms with van der Waals surface area (Å²) in [7, 11) is 0. The molecular weight excluding hydrogens is 411 g/mol. The lowest BCUT2D eigenvalue weighted by Crippen LogP contribution is -2.20. The number of carbonyl (C=O) groups excluding carboxylic acids is 2. The van der Waals surface area contributed by atoms with E-state index >= 15 is 0 Å². The normalized spacial score (nSPS) is 11.0. The summed E-state index contributed by atoms with van der Waals surface area (Å²) in [6.45, 7) is 1.42. The van der Waals surface area contributed by atoms with Crippen molar-refractivity contribution < 1.29 is 27.5 Å². The van der Waals surface area contributed by atoms with Crippen LogP contribution in [-0.4, -0.2) is 23.4 Å². The minimum atomic E-state index is -4.50. The zero-order valence-corrected chi connectivity index (χ0v) is 16.4. The lowest BCUT2D eigenvalue weighted by molar-refractivity contribution is -0.137. The van der Waals surface area contributed by atoms with Crippen molar-refractivity contribution in [2.24, 2.45) is 0 Å². The van der Waals surface area contributed by atoms with Crippen molar-refractivity contribution in [3.63, 3.8) is 0 Å². The van der Waals surface area contributed by atoms with Crippen LogP contribution in [-0.2, 0) is 11.0 Å². The first kappa shape index (κ1) is 21.8. The molecule has 1 aromatic heterocycles. The molecule has 0 bridgehead atoms. The topological polar surface area (TPSA) is 80.3 Å². The van der Waals surface area contributed by atoms with Gasteiger partial charge in [0.05, 0.1) is 5.56 Å². The van der Waals surface area contributed by atoms with Gasteiger partial charge in [0.25, 0.3) is 11.8 Å². The van der Waals surface area contributed by atoms with Crippen molar-refractivity contribution in [1.29, 1.82) is 0 Å². The summed E-state index contributed by atoms with van der Waals surface area (Å²) < 4.78 is 43.5. The Morgan fingerprint density at radius 1 is 1.00 bits per heavy atom. The summed E-state index contributed by atoms with van der Waals surface area (Å²) in [5, 5.41) is 5.06. The van der Waals surface area contributed by atoms with Crippen LogP contribution < -0.4 is 15.4 Å². The standard InChI is InChI=1S/C22H18F3N3O3/c1-14-4-3-11-26-20(14)28-21(30)15-7-9-18(10-8-15)31-13-19(29)27-17-6-2-5-16(12-17)22(23,24)25/h2-12H,13H2,1H3,(H,27,29)(H,26,28,30). The Labute approximate surface area is 176 Å². The van der Waals surface area contributed by atoms with Gasteiger partial charge in [0.2, 0.25) is 0 Å². The fourth-order valence-electron chi connectivity index (χ4n) is 2.62. The molecule has 0 radical (unpaired) electrons. The highest BCUT2D eigenvalue weighted by atomic mass is 19.4. The Bertz CT molecular complexity index is 1080. The third-order valence-corrected chi connectivity index (χ3v) is 4.20. The van der Waals surface area contributed by atoms with Gasteiger partial charge in [0.15, 0.2) is 6.61 Å². The second-order valence-corrected chi connectivity index (χ2v) is 6.56. The number of nitrogens with zero attached hydrogens (tertiary/aromatic N) is 1. The highest BCUT2D eigenvalue weighted by Crippen LogP contribution is 2.30. The van der Waals surface area contributed by atoms with E-state index < -0.39 is 24.3 Å². The fraction of sp³-hybridized carbons (Fsp3) is 0.136. The summed E-state index contributed by atoms with van der Waals surface area (Å²) in [6.07, 6.45) is -2.93. The molecule has 1 heterocycles. The third kappa shape index (κ3) is 6.05. The molecule has 9 heteroatoms. The van der Waals surface area contributed by atoms with Crippen molar-refractivity contribution in [2.45, 2.75) is 13.1 Å². The van der Waals surface area contributed by atoms with Gasteiger partial charge in [-0.3, -0.25) is 9.59 Å². The summed E-state index contributed by atoms with van der Waals surface area (Å²) in [5.74, 6) is -0.189. The van der Waals surface area contributed by atoms with Crippen molar-refractivity contribution in [2.75, 3.05) is 17.2 Å². The molecule has 0 fully saturated rings. The third-order valence-electron chi connectivity index (χ3n) is 4.20. The number of nitrogens with one attached hydrogen (secondary N) is 2. The fourth-order valence-corrected chi connectivity index (χ4v) is 2.62. The van der Waals surface area contributed by atoms with Gasteiger partial charge in [-0.1, -0.05) is 12.1 Å². The highest BCUT2D eigenvalue weighted by Gasteiger charge is 2.30. The molecule has 0 unspecified atom stereocenters. The molecule has 0 aliphatic carbocycles. The Hall–Kier alpha value is -3.88. The number of rotatable bonds is 6. The monoisotopic (exact) mass is 429 g/mol. The number of ether oxygens (including phenoxy) is 1. The number of hydrogen-bond acceptors (Lipinski definition) is 4. The molecule has 2 aromatic carbocycles. The second-order valence-electron chi connectivity index (χ2n) is 6.56. The predicted octanol–water partition coefficient (Wildman–Crippen LogP) is 4.68. The average Bonchev–Trinajstić information content (AvgIpc) is 2.74. The molecule has 0 aliphatic rings. The number of aryl methyl sites for hydroxylation is 1. The molecule has 0 spiro atoms. The molecule has 0 atom stereocenters. The molecule has 6 nitrogen and oxygen atoms in total. The number of benzene rings is 2. The average molecular weight is 429 g/mol. The highest BCUT2D eigenvalue weighted by molar-refractivity contribution is 6.04. The van der Waals surface area contributed by atoms with Crippen molar-refractivity contribution >= 4 is 23.3 Å². The summed E-state index contributed by atoms with van der Waals surface area (Å²) >= 11 is 0. The Balaban J connectivity index is 1.54. The predicted molar refractivity (Wildman–Crippen MR) is 109 cm³/mol. The summed E-state index contributed by atoms with van der Waals surface area (Å²) in [5.41, 5.74) is 0.342. The van der Waals surface area contributed by atoms with Crippen molar-refractivity contribution in [3.8, 4) is 5.75 Å². The zero-order valence-electron chi connectivity index (χ0n) is 16.4. The van der Waals surface area contributed by atoms with Crippen molar-refractivity contribution in [1.82, 2.24) is 4.98 Å². The van der Waals surface area contributed by atoms with Gasteiger partial charge in [0.1, 0.15) is 11.6 Å². The number of aromatic nitrogens is 1. The number of halogens is 3. The summed E-state index contributed by atoms with van der Waals surface area (Å²) in [6, 6.07) is 14.0. The molecule has 0 saturated carbocycles. The van der Waals surface area contributed by atoms with E-state index in [1.807, 2.05) is 13.0 Å². The van der Waals surface area contributed by atoms with E-state index in [2.05, 4.69) is 15.6 Å². The molecule has 3 rings (SSSR count). The van der Waals surface area contributed by atoms with Gasteiger partial charge in [0, 0.05) is 17.4 Å². The van der Waals surface area contributed by atoms with Crippen LogP contribution in [0.25, 0.3) is 0 Å². The van der Waals surface area contributed by atoms with E-state index in [1.54, 1.807) is 12.3 Å². The lowest BCUT2D eigenvalue weighted by Gasteiger charge is -2.11. The van der Waals surface area contributed by atoms with E-state index in [-0.39, 0.29) is 11.6 Å². The van der Waals surface area contributed by atoms with Crippen LogP contribution in [0.3, 0.4) is 0 Å². The molecule has 31 heavy (non-hydrogen) atoms. The maximum Gasteiger partial charge on any atom is 0.416 e. The van der Waals surface area contributed by atoms with Crippen LogP contribution >= 0.6 is 0 Å². The Morgan fingerprint density at radius 3 is 2.42 bits per heavy atom. The Kier molecular flexibility index (Phi) is 6.54. The maximum atomic E-state index is 12.7. The first-order valence-corrected chi connectivity index (χ1v) is 9.15. The maximum absolute atomic E-state index is 12.7. The van der Waals surface area contributed by atoms with E-state index in [0.29, 0.717) is 17.1 Å². The second kappa shape index (κ2) is 9.29. The molecule has 0 aliphatic heterocycles. The first-order valence-electron chi connectivity index (χ1n) is 9.15. The smallest absolute Gasteiger partial charge is 0.416 e. The van der Waals surface area contributed by atoms with E-state index in [4.69, 9.17) is 4.74 Å². The summed E-state index contributed by atoms with van der Waals surface area (Å²) in [4.78, 5) is 28.4. The molecule has 2 N–H and O–H groups in total. The number of anilines is 2. The van der Waals surface area contributed by atoms with E-state index in [0.717, 1.165) is 17.7 Å². The number of alkyl halides is 3. The van der Waals surface area contributed by atoms with Crippen molar-refractivity contribution in [3.05, 3.63) is 83.6 Å². The molecular formula is C22H18F3N3O3. The SMILES string of the molecule is Cc1cccnc1NC(=O)c1ccc(OCC(=O)Nc2cccc(C(F)(F)F)c2)cc1. The molecule has 3 aromatic rings. The van der Waals surface area contributed by atoms with Gasteiger partial charge < -0.3 is 15.4 Å². The molecule has 160 valence electrons. The zero-order chi connectivity index (χ0) is 22.4. The quantitative estimate of drug-likeness (QED) is 0.596. The molecule has 0 saturated heterocycles. The number of carbonyl (C=O) groups is 2. The van der Waals surface area contributed by atoms with Crippen LogP contribution in [0, 0.1) is 6.92 Å². The van der Waals surface area contributed by atoms with Gasteiger partial charge in [-0.15, -0.1) is 0 Å². The van der Waals surface area contributed by atoms with Gasteiger partial charge >= 0.3 is 6.18 Å². The van der Waals surface area contributed by atoms with Gasteiger partial charge in [-0.2, -0.15) is 13.2 Å². The van der Waals surface area contributed by atoms with E-state index in [9.17, 15) is 22.8 Å². The van der Waals surface area contributed by atoms with Crippen LogP contribution in [0.15, 0.2) is 66.9 Å². The molecule has 2 amide bonds. The minimum Gasteiger partial charge on any atom is -0.484 e. The lowest BCUT2D eigenvalue weighted by atomic mass is 10.2. The Morgan fingerprint density at radius 2 is 1.74 bits per heavy atom. The van der Waals surface area contributed by atoms with Gasteiger partial charge in [-0.05, 0) is 61.0 Å². The van der Waals surface area contributed by atoms with Crippen LogP contribution in [0.1, 0.15) is 21.5 Å². The largest absolute Gasteiger partial charge is 0.484 e. The number of hydrogen-bond donors (Lipinski definition) is 2. The minimum absolute atomic E-state index is 0.0141. The van der Waals surface area contributed by atoms with Gasteiger partial charge in [-0.25, -0.2) is 4.98 Å². The number of pyridine rings is 1. The van der Waals surface area contributed by atoms with Crippen LogP contribution in [0.4, 0.5) is 24.7 Å². The van der Waals surface area contributed by atoms with E-state index in [1.165, 1.54) is 36.4 Å². The van der Waals surface area contributed by atoms with Crippen LogP contribution in [0.2, 0.25) is 0 Å². The first-order chi connectivity index (χ1) is 14.7. The number of amides is 2. The van der Waals surface area contributed by atoms with Crippen LogP contribution in [0.5, 0.6) is 5.75 Å².